The number of nitrogens with zero attached hydrogens (tertiary/aromatic N) is 4. The van der Waals surface area contributed by atoms with Crippen molar-refractivity contribution in [3.05, 3.63) is 134 Å². The Balaban J connectivity index is 1.50. The first-order valence-corrected chi connectivity index (χ1v) is 13.9. The van der Waals surface area contributed by atoms with Gasteiger partial charge in [-0.15, -0.1) is 0 Å². The second-order valence-corrected chi connectivity index (χ2v) is 10.5. The highest BCUT2D eigenvalue weighted by atomic mass is 16.3. The summed E-state index contributed by atoms with van der Waals surface area (Å²) in [6.07, 6.45) is 7.28. The van der Waals surface area contributed by atoms with Gasteiger partial charge in [0.25, 0.3) is 0 Å². The summed E-state index contributed by atoms with van der Waals surface area (Å²) in [7, 11) is 0. The monoisotopic (exact) mass is 538 g/mol. The fourth-order valence-electron chi connectivity index (χ4n) is 6.36. The van der Waals surface area contributed by atoms with Crippen LogP contribution in [0.2, 0.25) is 0 Å². The number of benzene rings is 4. The topological polar surface area (TPSA) is 56.7 Å². The van der Waals surface area contributed by atoms with Gasteiger partial charge in [0.1, 0.15) is 5.58 Å². The van der Waals surface area contributed by atoms with E-state index in [0.29, 0.717) is 0 Å². The number of furan rings is 1. The van der Waals surface area contributed by atoms with Crippen molar-refractivity contribution in [1.29, 1.82) is 0 Å². The Kier molecular flexibility index (Phi) is 4.83. The minimum Gasteiger partial charge on any atom is -0.454 e. The molecule has 0 fully saturated rings. The van der Waals surface area contributed by atoms with Crippen molar-refractivity contribution in [2.45, 2.75) is 0 Å². The summed E-state index contributed by atoms with van der Waals surface area (Å²) < 4.78 is 9.08. The Bertz CT molecular complexity index is 2400. The van der Waals surface area contributed by atoms with E-state index >= 15 is 0 Å². The van der Waals surface area contributed by atoms with Gasteiger partial charge in [-0.2, -0.15) is 0 Å². The molecule has 0 unspecified atom stereocenters. The predicted octanol–water partition coefficient (Wildman–Crippen LogP) is 9.36. The maximum atomic E-state index is 6.74. The maximum Gasteiger partial charge on any atom is 0.160 e. The van der Waals surface area contributed by atoms with Gasteiger partial charge in [0, 0.05) is 57.5 Å². The normalized spacial score (nSPS) is 11.8. The van der Waals surface area contributed by atoms with Crippen molar-refractivity contribution in [1.82, 2.24) is 19.5 Å². The molecule has 9 rings (SSSR count). The summed E-state index contributed by atoms with van der Waals surface area (Å²) in [5.41, 5.74) is 8.47. The number of hydrogen-bond acceptors (Lipinski definition) is 4. The van der Waals surface area contributed by atoms with Crippen LogP contribution in [0.1, 0.15) is 0 Å². The number of para-hydroxylation sites is 2. The van der Waals surface area contributed by atoms with E-state index in [-0.39, 0.29) is 0 Å². The minimum atomic E-state index is 0.840. The van der Waals surface area contributed by atoms with Crippen molar-refractivity contribution >= 4 is 54.5 Å². The molecule has 0 saturated carbocycles. The number of aromatic nitrogens is 4. The van der Waals surface area contributed by atoms with E-state index in [2.05, 4.69) is 93.4 Å². The van der Waals surface area contributed by atoms with Gasteiger partial charge in [0.05, 0.1) is 28.1 Å². The molecular weight excluding hydrogens is 516 g/mol. The third kappa shape index (κ3) is 3.28. The third-order valence-corrected chi connectivity index (χ3v) is 8.13. The van der Waals surface area contributed by atoms with Crippen LogP contribution in [0, 0.1) is 0 Å². The van der Waals surface area contributed by atoms with Gasteiger partial charge in [-0.05, 0) is 59.3 Å². The Morgan fingerprint density at radius 2 is 1.14 bits per heavy atom. The van der Waals surface area contributed by atoms with Gasteiger partial charge in [0.15, 0.2) is 5.58 Å². The van der Waals surface area contributed by atoms with E-state index in [1.165, 1.54) is 21.5 Å². The molecule has 4 aromatic carbocycles. The lowest BCUT2D eigenvalue weighted by molar-refractivity contribution is 0.671. The second-order valence-electron chi connectivity index (χ2n) is 10.5. The molecule has 5 heteroatoms. The first-order chi connectivity index (χ1) is 20.8. The average molecular weight is 539 g/mol. The van der Waals surface area contributed by atoms with Crippen molar-refractivity contribution in [2.75, 3.05) is 0 Å². The predicted molar refractivity (Wildman–Crippen MR) is 170 cm³/mol. The summed E-state index contributed by atoms with van der Waals surface area (Å²) in [6.45, 7) is 0. The van der Waals surface area contributed by atoms with Crippen LogP contribution in [0.25, 0.3) is 82.7 Å². The van der Waals surface area contributed by atoms with E-state index in [1.807, 2.05) is 42.7 Å². The van der Waals surface area contributed by atoms with Crippen LogP contribution in [0.4, 0.5) is 0 Å². The number of hydrogen-bond donors (Lipinski definition) is 0. The fraction of sp³-hybridized carbons (Fsp3) is 0. The van der Waals surface area contributed by atoms with Crippen LogP contribution in [0.3, 0.4) is 0 Å². The first-order valence-electron chi connectivity index (χ1n) is 13.9. The molecule has 0 aliphatic carbocycles. The zero-order valence-electron chi connectivity index (χ0n) is 22.4. The quantitative estimate of drug-likeness (QED) is 0.225. The zero-order valence-corrected chi connectivity index (χ0v) is 22.4. The highest BCUT2D eigenvalue weighted by molar-refractivity contribution is 6.35. The summed E-state index contributed by atoms with van der Waals surface area (Å²) in [6, 6.07) is 37.8. The Labute approximate surface area is 240 Å². The largest absolute Gasteiger partial charge is 0.454 e. The number of pyridine rings is 3. The Morgan fingerprint density at radius 1 is 0.548 bits per heavy atom. The summed E-state index contributed by atoms with van der Waals surface area (Å²) in [5.74, 6) is 0. The number of fused-ring (bicyclic) bond motifs is 10. The summed E-state index contributed by atoms with van der Waals surface area (Å²) >= 11 is 0. The highest BCUT2D eigenvalue weighted by Gasteiger charge is 2.23. The molecule has 0 spiro atoms. The molecule has 0 radical (unpaired) electrons. The van der Waals surface area contributed by atoms with Crippen molar-refractivity contribution in [3.8, 4) is 28.2 Å². The first kappa shape index (κ1) is 22.9. The Morgan fingerprint density at radius 3 is 1.81 bits per heavy atom. The minimum absolute atomic E-state index is 0.840. The van der Waals surface area contributed by atoms with Crippen LogP contribution >= 0.6 is 0 Å². The summed E-state index contributed by atoms with van der Waals surface area (Å²) in [4.78, 5) is 13.8. The molecule has 0 bridgehead atoms. The second kappa shape index (κ2) is 8.85. The van der Waals surface area contributed by atoms with Crippen LogP contribution in [-0.4, -0.2) is 19.5 Å². The van der Waals surface area contributed by atoms with E-state index in [9.17, 15) is 0 Å². The smallest absolute Gasteiger partial charge is 0.160 e. The molecule has 0 N–H and O–H groups in total. The van der Waals surface area contributed by atoms with Gasteiger partial charge in [0.2, 0.25) is 0 Å². The summed E-state index contributed by atoms with van der Waals surface area (Å²) in [5, 5.41) is 6.99. The molecule has 0 atom stereocenters. The SMILES string of the molecule is c1cncc(-c2cc(-n3c4ccccc4c4c5ccccc5c5c6ccccc6oc5c43)cc(-c3cccnc3)n2)c1. The van der Waals surface area contributed by atoms with E-state index < -0.39 is 0 Å². The van der Waals surface area contributed by atoms with Gasteiger partial charge in [-0.1, -0.05) is 60.7 Å². The fourth-order valence-corrected chi connectivity index (χ4v) is 6.36. The Hall–Kier alpha value is -5.81. The lowest BCUT2D eigenvalue weighted by atomic mass is 9.99. The van der Waals surface area contributed by atoms with Crippen LogP contribution < -0.4 is 0 Å². The van der Waals surface area contributed by atoms with Crippen LogP contribution in [0.5, 0.6) is 0 Å². The lowest BCUT2D eigenvalue weighted by Crippen LogP contribution is -1.99. The molecular formula is C37H22N4O. The van der Waals surface area contributed by atoms with Gasteiger partial charge in [-0.25, -0.2) is 4.98 Å². The maximum absolute atomic E-state index is 6.74. The molecule has 9 aromatic rings. The molecule has 196 valence electrons. The van der Waals surface area contributed by atoms with E-state index in [4.69, 9.17) is 9.40 Å². The molecule has 0 amide bonds. The molecule has 5 heterocycles. The molecule has 42 heavy (non-hydrogen) atoms. The highest BCUT2D eigenvalue weighted by Crippen LogP contribution is 2.45. The van der Waals surface area contributed by atoms with Crippen molar-refractivity contribution < 1.29 is 4.42 Å². The standard InChI is InChI=1S/C37H22N4O/c1-2-12-27-26(11-1)34-28-13-3-5-15-32(28)41(36(34)37-35(27)29-14-4-6-16-33(29)42-37)25-19-30(23-9-7-17-38-21-23)40-31(20-25)24-10-8-18-39-22-24/h1-22H. The van der Waals surface area contributed by atoms with E-state index in [0.717, 1.165) is 61.2 Å². The third-order valence-electron chi connectivity index (χ3n) is 8.13. The number of rotatable bonds is 3. The molecule has 0 saturated heterocycles. The van der Waals surface area contributed by atoms with Gasteiger partial charge >= 0.3 is 0 Å². The van der Waals surface area contributed by atoms with Crippen molar-refractivity contribution in [2.24, 2.45) is 0 Å². The van der Waals surface area contributed by atoms with Gasteiger partial charge in [-0.3, -0.25) is 9.97 Å². The van der Waals surface area contributed by atoms with Crippen LogP contribution in [0.15, 0.2) is 138 Å². The average Bonchev–Trinajstić information content (AvgIpc) is 3.62. The molecule has 5 aromatic heterocycles. The molecule has 0 aliphatic heterocycles. The van der Waals surface area contributed by atoms with Gasteiger partial charge < -0.3 is 8.98 Å². The lowest BCUT2D eigenvalue weighted by Gasteiger charge is -2.13. The van der Waals surface area contributed by atoms with E-state index in [1.54, 1.807) is 12.4 Å². The molecule has 0 aliphatic rings. The molecule has 5 nitrogen and oxygen atoms in total. The van der Waals surface area contributed by atoms with Crippen LogP contribution in [-0.2, 0) is 0 Å². The van der Waals surface area contributed by atoms with Crippen molar-refractivity contribution in [3.63, 3.8) is 0 Å². The zero-order chi connectivity index (χ0) is 27.6.